The van der Waals surface area contributed by atoms with Crippen LogP contribution in [0.3, 0.4) is 0 Å². The molecule has 0 spiro atoms. The predicted octanol–water partition coefficient (Wildman–Crippen LogP) is 14.4. The summed E-state index contributed by atoms with van der Waals surface area (Å²) >= 11 is 3.73. The van der Waals surface area contributed by atoms with Crippen LogP contribution in [0.1, 0.15) is 0 Å². The number of benzene rings is 8. The van der Waals surface area contributed by atoms with E-state index in [4.69, 9.17) is 0 Å². The van der Waals surface area contributed by atoms with Crippen molar-refractivity contribution in [3.8, 4) is 55.6 Å². The quantitative estimate of drug-likeness (QED) is 0.193. The van der Waals surface area contributed by atoms with E-state index in [0.717, 1.165) is 22.5 Å². The molecule has 3 heteroatoms. The van der Waals surface area contributed by atoms with Crippen molar-refractivity contribution in [1.82, 2.24) is 0 Å². The van der Waals surface area contributed by atoms with Crippen molar-refractivity contribution in [2.45, 2.75) is 19.6 Å². The fourth-order valence-electron chi connectivity index (χ4n) is 6.93. The molecule has 242 valence electrons. The Morgan fingerprint density at radius 3 is 1.47 bits per heavy atom. The van der Waals surface area contributed by atoms with E-state index in [-0.39, 0.29) is 0 Å². The number of anilines is 2. The SMILES string of the molecule is c1ccc(Nc2c(-c3ccccc3)cccc2-c2cccc3c2Sc2ccccc2-c2ccccc2Sc2cc(-c4ccccc4)ccc2-3)cc1. The lowest BCUT2D eigenvalue weighted by atomic mass is 9.93. The van der Waals surface area contributed by atoms with Crippen molar-refractivity contribution in [3.63, 3.8) is 0 Å². The molecule has 1 nitrogen and oxygen atoms in total. The van der Waals surface area contributed by atoms with Crippen molar-refractivity contribution in [1.29, 1.82) is 0 Å². The van der Waals surface area contributed by atoms with Gasteiger partial charge in [0.1, 0.15) is 0 Å². The molecule has 0 fully saturated rings. The van der Waals surface area contributed by atoms with Gasteiger partial charge in [0.25, 0.3) is 0 Å². The molecule has 9 rings (SSSR count). The number of para-hydroxylation sites is 2. The molecule has 1 N–H and O–H groups in total. The van der Waals surface area contributed by atoms with E-state index in [1.165, 1.54) is 64.1 Å². The molecule has 0 amide bonds. The van der Waals surface area contributed by atoms with Crippen LogP contribution in [0.25, 0.3) is 55.6 Å². The zero-order chi connectivity index (χ0) is 34.0. The zero-order valence-corrected chi connectivity index (χ0v) is 29.4. The molecule has 8 aromatic carbocycles. The molecular weight excluding hydrogens is 655 g/mol. The summed E-state index contributed by atoms with van der Waals surface area (Å²) in [4.78, 5) is 4.96. The maximum Gasteiger partial charge on any atom is 0.0544 e. The highest BCUT2D eigenvalue weighted by Gasteiger charge is 2.23. The number of nitrogens with one attached hydrogen (secondary N) is 1. The van der Waals surface area contributed by atoms with E-state index >= 15 is 0 Å². The van der Waals surface area contributed by atoms with Crippen LogP contribution in [0.15, 0.2) is 214 Å². The lowest BCUT2D eigenvalue weighted by molar-refractivity contribution is 1.32. The van der Waals surface area contributed by atoms with Crippen LogP contribution >= 0.6 is 23.5 Å². The Bertz CT molecular complexity index is 2490. The van der Waals surface area contributed by atoms with Gasteiger partial charge in [0.05, 0.1) is 5.69 Å². The van der Waals surface area contributed by atoms with Crippen LogP contribution in [-0.4, -0.2) is 0 Å². The highest BCUT2D eigenvalue weighted by Crippen LogP contribution is 2.53. The van der Waals surface area contributed by atoms with Crippen LogP contribution in [0, 0.1) is 0 Å². The summed E-state index contributed by atoms with van der Waals surface area (Å²) in [6.45, 7) is 0. The standard InChI is InChI=1S/C48H33NS2/c1-4-16-33(17-5-1)35-30-31-40-42-26-15-27-43(41-25-14-24-37(34-18-6-2-7-19-34)47(41)49-36-20-8-3-9-21-36)48(42)51-45-29-13-11-23-39(45)38-22-10-12-28-44(38)50-46(40)32-35/h1-32,49H. The van der Waals surface area contributed by atoms with E-state index < -0.39 is 0 Å². The van der Waals surface area contributed by atoms with E-state index in [2.05, 4.69) is 199 Å². The van der Waals surface area contributed by atoms with Gasteiger partial charge in [-0.25, -0.2) is 0 Å². The minimum absolute atomic E-state index is 1.05. The molecule has 0 saturated carbocycles. The molecule has 0 bridgehead atoms. The van der Waals surface area contributed by atoms with Gasteiger partial charge in [0, 0.05) is 36.4 Å². The van der Waals surface area contributed by atoms with E-state index in [1.807, 2.05) is 23.5 Å². The summed E-state index contributed by atoms with van der Waals surface area (Å²) in [5, 5.41) is 3.86. The minimum Gasteiger partial charge on any atom is -0.355 e. The third-order valence-electron chi connectivity index (χ3n) is 9.37. The van der Waals surface area contributed by atoms with E-state index in [0.29, 0.717) is 0 Å². The Hall–Kier alpha value is -5.74. The van der Waals surface area contributed by atoms with E-state index in [9.17, 15) is 0 Å². The monoisotopic (exact) mass is 687 g/mol. The molecule has 0 aromatic heterocycles. The molecular formula is C48H33NS2. The largest absolute Gasteiger partial charge is 0.355 e. The lowest BCUT2D eigenvalue weighted by Gasteiger charge is -2.24. The maximum absolute atomic E-state index is 3.86. The fraction of sp³-hybridized carbons (Fsp3) is 0. The molecule has 0 radical (unpaired) electrons. The van der Waals surface area contributed by atoms with Gasteiger partial charge in [-0.1, -0.05) is 187 Å². The van der Waals surface area contributed by atoms with Gasteiger partial charge in [-0.3, -0.25) is 0 Å². The molecule has 0 atom stereocenters. The lowest BCUT2D eigenvalue weighted by Crippen LogP contribution is -1.99. The first kappa shape index (κ1) is 31.3. The highest BCUT2D eigenvalue weighted by molar-refractivity contribution is 8.00. The average Bonchev–Trinajstić information content (AvgIpc) is 3.20. The molecule has 1 heterocycles. The van der Waals surface area contributed by atoms with Crippen molar-refractivity contribution >= 4 is 34.9 Å². The summed E-state index contributed by atoms with van der Waals surface area (Å²) in [5.74, 6) is 0. The Labute approximate surface area is 308 Å². The Balaban J connectivity index is 1.32. The van der Waals surface area contributed by atoms with E-state index in [1.54, 1.807) is 0 Å². The van der Waals surface area contributed by atoms with Gasteiger partial charge in [-0.15, -0.1) is 0 Å². The van der Waals surface area contributed by atoms with Crippen molar-refractivity contribution in [3.05, 3.63) is 194 Å². The van der Waals surface area contributed by atoms with Crippen LogP contribution in [0.4, 0.5) is 11.4 Å². The molecule has 1 aliphatic rings. The molecule has 51 heavy (non-hydrogen) atoms. The van der Waals surface area contributed by atoms with Gasteiger partial charge < -0.3 is 5.32 Å². The summed E-state index contributed by atoms with van der Waals surface area (Å²) in [6, 6.07) is 70.1. The van der Waals surface area contributed by atoms with Gasteiger partial charge in [0.15, 0.2) is 0 Å². The highest BCUT2D eigenvalue weighted by atomic mass is 32.2. The van der Waals surface area contributed by atoms with Gasteiger partial charge in [-0.2, -0.15) is 0 Å². The second-order valence-corrected chi connectivity index (χ2v) is 14.7. The molecule has 0 aliphatic carbocycles. The van der Waals surface area contributed by atoms with Crippen LogP contribution in [-0.2, 0) is 0 Å². The number of hydrogen-bond acceptors (Lipinski definition) is 3. The first-order valence-electron chi connectivity index (χ1n) is 17.2. The van der Waals surface area contributed by atoms with Gasteiger partial charge >= 0.3 is 0 Å². The number of rotatable bonds is 5. The summed E-state index contributed by atoms with van der Waals surface area (Å²) in [5.41, 5.74) is 14.2. The third kappa shape index (κ3) is 6.16. The first-order chi connectivity index (χ1) is 25.3. The van der Waals surface area contributed by atoms with Crippen LogP contribution in [0.2, 0.25) is 0 Å². The van der Waals surface area contributed by atoms with Crippen molar-refractivity contribution in [2.24, 2.45) is 0 Å². The Morgan fingerprint density at radius 2 is 0.784 bits per heavy atom. The summed E-state index contributed by atoms with van der Waals surface area (Å²) in [6.07, 6.45) is 0. The van der Waals surface area contributed by atoms with Gasteiger partial charge in [-0.05, 0) is 74.8 Å². The molecule has 0 saturated heterocycles. The third-order valence-corrected chi connectivity index (χ3v) is 11.7. The van der Waals surface area contributed by atoms with Crippen molar-refractivity contribution < 1.29 is 0 Å². The van der Waals surface area contributed by atoms with Gasteiger partial charge in [0.2, 0.25) is 0 Å². The second kappa shape index (κ2) is 13.9. The maximum atomic E-state index is 3.86. The smallest absolute Gasteiger partial charge is 0.0544 e. The average molecular weight is 688 g/mol. The summed E-state index contributed by atoms with van der Waals surface area (Å²) in [7, 11) is 0. The normalized spacial score (nSPS) is 11.8. The second-order valence-electron chi connectivity index (χ2n) is 12.5. The van der Waals surface area contributed by atoms with Crippen molar-refractivity contribution in [2.75, 3.05) is 5.32 Å². The zero-order valence-electron chi connectivity index (χ0n) is 27.8. The Morgan fingerprint density at radius 1 is 0.294 bits per heavy atom. The minimum atomic E-state index is 1.05. The predicted molar refractivity (Wildman–Crippen MR) is 218 cm³/mol. The first-order valence-corrected chi connectivity index (χ1v) is 18.8. The topological polar surface area (TPSA) is 12.0 Å². The molecule has 0 unspecified atom stereocenters. The number of hydrogen-bond donors (Lipinski definition) is 1. The number of fused-ring (bicyclic) bond motifs is 6. The molecule has 1 aliphatic heterocycles. The van der Waals surface area contributed by atoms with Crippen LogP contribution in [0.5, 0.6) is 0 Å². The fourth-order valence-corrected chi connectivity index (χ4v) is 9.31. The van der Waals surface area contributed by atoms with Crippen LogP contribution < -0.4 is 5.32 Å². The molecule has 8 aromatic rings. The Kier molecular flexibility index (Phi) is 8.50. The summed E-state index contributed by atoms with van der Waals surface area (Å²) < 4.78 is 0.